The van der Waals surface area contributed by atoms with Crippen LogP contribution in [0.1, 0.15) is 37.2 Å². The Hall–Kier alpha value is -2.34. The third-order valence-electron chi connectivity index (χ3n) is 4.74. The molecule has 0 aliphatic carbocycles. The van der Waals surface area contributed by atoms with Crippen LogP contribution in [0.5, 0.6) is 0 Å². The fraction of sp³-hybridized carbons (Fsp3) is 0.444. The van der Waals surface area contributed by atoms with E-state index in [0.29, 0.717) is 37.5 Å². The van der Waals surface area contributed by atoms with Gasteiger partial charge in [0.05, 0.1) is 23.0 Å². The van der Waals surface area contributed by atoms with E-state index >= 15 is 0 Å². The van der Waals surface area contributed by atoms with Gasteiger partial charge in [0.1, 0.15) is 5.82 Å². The lowest BCUT2D eigenvalue weighted by molar-refractivity contribution is -0.131. The highest BCUT2D eigenvalue weighted by atomic mass is 16.2. The van der Waals surface area contributed by atoms with E-state index in [1.165, 1.54) is 0 Å². The maximum atomic E-state index is 13.1. The van der Waals surface area contributed by atoms with E-state index in [4.69, 9.17) is 0 Å². The first-order valence-corrected chi connectivity index (χ1v) is 8.30. The van der Waals surface area contributed by atoms with Gasteiger partial charge in [-0.3, -0.25) is 19.0 Å². The minimum Gasteiger partial charge on any atom is -0.305 e. The van der Waals surface area contributed by atoms with Crippen molar-refractivity contribution in [1.29, 1.82) is 0 Å². The topological polar surface area (TPSA) is 81.1 Å². The summed E-state index contributed by atoms with van der Waals surface area (Å²) in [4.78, 5) is 39.9. The summed E-state index contributed by atoms with van der Waals surface area (Å²) in [5, 5.41) is 3.74. The van der Waals surface area contributed by atoms with Gasteiger partial charge in [0.2, 0.25) is 5.78 Å². The summed E-state index contributed by atoms with van der Waals surface area (Å²) in [5.41, 5.74) is 1.62. The maximum Gasteiger partial charge on any atom is 0.261 e. The lowest BCUT2D eigenvalue weighted by Gasteiger charge is -2.30. The second-order valence-electron chi connectivity index (χ2n) is 6.24. The predicted octanol–water partition coefficient (Wildman–Crippen LogP) is 1.33. The first-order valence-electron chi connectivity index (χ1n) is 8.30. The molecule has 1 aliphatic rings. The molecular formula is C18H21N3O3. The average molecular weight is 327 g/mol. The van der Waals surface area contributed by atoms with Gasteiger partial charge in [-0.1, -0.05) is 19.1 Å². The number of piperidine rings is 1. The summed E-state index contributed by atoms with van der Waals surface area (Å²) >= 11 is 0. The smallest absolute Gasteiger partial charge is 0.261 e. The van der Waals surface area contributed by atoms with Crippen molar-refractivity contribution in [3.8, 4) is 0 Å². The van der Waals surface area contributed by atoms with Crippen molar-refractivity contribution < 1.29 is 9.59 Å². The number of Topliss-reactive ketones (excluding diaryl/α,β-unsaturated/α-hetero) is 1. The molecule has 0 saturated carbocycles. The second-order valence-corrected chi connectivity index (χ2v) is 6.24. The van der Waals surface area contributed by atoms with Gasteiger partial charge >= 0.3 is 0 Å². The number of nitrogens with zero attached hydrogens (tertiary/aromatic N) is 2. The number of aryl methyl sites for hydroxylation is 2. The molecule has 2 atom stereocenters. The number of fused-ring (bicyclic) bond motifs is 1. The van der Waals surface area contributed by atoms with E-state index in [-0.39, 0.29) is 11.6 Å². The zero-order valence-corrected chi connectivity index (χ0v) is 13.9. The molecule has 1 aromatic heterocycles. The van der Waals surface area contributed by atoms with Crippen LogP contribution in [0.3, 0.4) is 0 Å². The van der Waals surface area contributed by atoms with Crippen LogP contribution in [0.25, 0.3) is 10.9 Å². The van der Waals surface area contributed by atoms with Gasteiger partial charge < -0.3 is 5.32 Å². The summed E-state index contributed by atoms with van der Waals surface area (Å²) in [6, 6.07) is 5.20. The first kappa shape index (κ1) is 16.5. The van der Waals surface area contributed by atoms with Crippen LogP contribution < -0.4 is 10.9 Å². The molecule has 0 radical (unpaired) electrons. The summed E-state index contributed by atoms with van der Waals surface area (Å²) < 4.78 is 1.77. The number of hydrogen-bond donors (Lipinski definition) is 1. The largest absolute Gasteiger partial charge is 0.305 e. The van der Waals surface area contributed by atoms with E-state index < -0.39 is 11.8 Å². The van der Waals surface area contributed by atoms with Crippen LogP contribution in [0.4, 0.5) is 0 Å². The number of ketones is 1. The highest BCUT2D eigenvalue weighted by molar-refractivity contribution is 6.27. The molecule has 1 N–H and O–H groups in total. The van der Waals surface area contributed by atoms with Crippen molar-refractivity contribution in [3.63, 3.8) is 0 Å². The van der Waals surface area contributed by atoms with E-state index in [9.17, 15) is 14.4 Å². The molecule has 126 valence electrons. The standard InChI is InChI=1S/C18H21N3O3/c1-3-16-20-14-6-4-5-11(2)17(14)18(24)21(16)12-7-8-13(19-9-12)15(23)10-22/h4-6,10,12-13,19H,3,7-9H2,1-2H3. The number of benzene rings is 1. The monoisotopic (exact) mass is 327 g/mol. The summed E-state index contributed by atoms with van der Waals surface area (Å²) in [5.74, 6) is 0.328. The second kappa shape index (κ2) is 6.65. The third-order valence-corrected chi connectivity index (χ3v) is 4.74. The molecule has 6 heteroatoms. The zero-order chi connectivity index (χ0) is 17.3. The Balaban J connectivity index is 2.02. The summed E-state index contributed by atoms with van der Waals surface area (Å²) in [7, 11) is 0. The highest BCUT2D eigenvalue weighted by Crippen LogP contribution is 2.22. The number of nitrogens with one attached hydrogen (secondary N) is 1. The maximum absolute atomic E-state index is 13.1. The van der Waals surface area contributed by atoms with Crippen LogP contribution in [-0.2, 0) is 16.0 Å². The summed E-state index contributed by atoms with van der Waals surface area (Å²) in [6.45, 7) is 4.38. The van der Waals surface area contributed by atoms with Gasteiger partial charge in [-0.2, -0.15) is 0 Å². The number of aromatic nitrogens is 2. The Kier molecular flexibility index (Phi) is 4.57. The molecule has 2 aromatic rings. The minimum atomic E-state index is -0.435. The highest BCUT2D eigenvalue weighted by Gasteiger charge is 2.28. The Bertz CT molecular complexity index is 848. The molecule has 2 heterocycles. The molecule has 0 spiro atoms. The SMILES string of the molecule is CCc1nc2cccc(C)c2c(=O)n1C1CCC(C(=O)C=O)NC1. The molecule has 6 nitrogen and oxygen atoms in total. The van der Waals surface area contributed by atoms with Crippen molar-refractivity contribution in [2.45, 2.75) is 45.2 Å². The van der Waals surface area contributed by atoms with E-state index in [2.05, 4.69) is 10.3 Å². The molecular weight excluding hydrogens is 306 g/mol. The van der Waals surface area contributed by atoms with Crippen molar-refractivity contribution in [2.24, 2.45) is 0 Å². The number of rotatable bonds is 4. The van der Waals surface area contributed by atoms with Gasteiger partial charge in [0, 0.05) is 13.0 Å². The molecule has 24 heavy (non-hydrogen) atoms. The zero-order valence-electron chi connectivity index (χ0n) is 13.9. The molecule has 1 fully saturated rings. The van der Waals surface area contributed by atoms with Crippen molar-refractivity contribution >= 4 is 23.0 Å². The van der Waals surface area contributed by atoms with Crippen LogP contribution in [0.15, 0.2) is 23.0 Å². The van der Waals surface area contributed by atoms with Crippen LogP contribution >= 0.6 is 0 Å². The Labute approximate surface area is 139 Å². The van der Waals surface area contributed by atoms with E-state index in [0.717, 1.165) is 16.9 Å². The molecule has 2 unspecified atom stereocenters. The number of aldehydes is 1. The van der Waals surface area contributed by atoms with Crippen molar-refractivity contribution in [1.82, 2.24) is 14.9 Å². The first-order chi connectivity index (χ1) is 11.6. The number of carbonyl (C=O) groups is 2. The van der Waals surface area contributed by atoms with Crippen molar-refractivity contribution in [2.75, 3.05) is 6.54 Å². The molecule has 1 aliphatic heterocycles. The quantitative estimate of drug-likeness (QED) is 0.677. The Morgan fingerprint density at radius 1 is 1.42 bits per heavy atom. The van der Waals surface area contributed by atoms with Crippen LogP contribution in [0.2, 0.25) is 0 Å². The molecule has 1 saturated heterocycles. The summed E-state index contributed by atoms with van der Waals surface area (Å²) in [6.07, 6.45) is 2.24. The Morgan fingerprint density at radius 2 is 2.21 bits per heavy atom. The molecule has 0 amide bonds. The number of hydrogen-bond acceptors (Lipinski definition) is 5. The van der Waals surface area contributed by atoms with Crippen LogP contribution in [0, 0.1) is 6.92 Å². The predicted molar refractivity (Wildman–Crippen MR) is 91.3 cm³/mol. The molecule has 1 aromatic carbocycles. The van der Waals surface area contributed by atoms with Gasteiger partial charge in [-0.25, -0.2) is 4.98 Å². The van der Waals surface area contributed by atoms with Gasteiger partial charge in [0.15, 0.2) is 6.29 Å². The van der Waals surface area contributed by atoms with Gasteiger partial charge in [0.25, 0.3) is 5.56 Å². The average Bonchev–Trinajstić information content (AvgIpc) is 2.61. The van der Waals surface area contributed by atoms with E-state index in [1.54, 1.807) is 4.57 Å². The van der Waals surface area contributed by atoms with Crippen molar-refractivity contribution in [3.05, 3.63) is 39.9 Å². The Morgan fingerprint density at radius 3 is 2.83 bits per heavy atom. The van der Waals surface area contributed by atoms with Gasteiger partial charge in [-0.15, -0.1) is 0 Å². The fourth-order valence-electron chi connectivity index (χ4n) is 3.47. The van der Waals surface area contributed by atoms with E-state index in [1.807, 2.05) is 32.0 Å². The lowest BCUT2D eigenvalue weighted by atomic mass is 9.97. The van der Waals surface area contributed by atoms with Crippen LogP contribution in [-0.4, -0.2) is 34.2 Å². The van der Waals surface area contributed by atoms with Gasteiger partial charge in [-0.05, 0) is 31.4 Å². The number of carbonyl (C=O) groups excluding carboxylic acids is 2. The normalized spacial score (nSPS) is 20.9. The fourth-order valence-corrected chi connectivity index (χ4v) is 3.47. The molecule has 3 rings (SSSR count). The third kappa shape index (κ3) is 2.78. The lowest BCUT2D eigenvalue weighted by Crippen LogP contribution is -2.47. The minimum absolute atomic E-state index is 0.0260. The molecule has 0 bridgehead atoms.